The quantitative estimate of drug-likeness (QED) is 0.610. The summed E-state index contributed by atoms with van der Waals surface area (Å²) in [5.41, 5.74) is 3.29. The van der Waals surface area contributed by atoms with Crippen LogP contribution in [0.1, 0.15) is 4.88 Å². The molecule has 2 heterocycles. The SMILES string of the molecule is Brc1cccc(-c2nc3c(s2)COc2ccccc2-3)c1. The summed E-state index contributed by atoms with van der Waals surface area (Å²) < 4.78 is 6.85. The van der Waals surface area contributed by atoms with Crippen LogP contribution < -0.4 is 4.74 Å². The number of ether oxygens (including phenoxy) is 1. The normalized spacial score (nSPS) is 12.4. The first-order valence-corrected chi connectivity index (χ1v) is 7.90. The molecule has 3 aromatic rings. The molecule has 0 N–H and O–H groups in total. The lowest BCUT2D eigenvalue weighted by atomic mass is 10.1. The van der Waals surface area contributed by atoms with Crippen molar-refractivity contribution in [3.63, 3.8) is 0 Å². The maximum Gasteiger partial charge on any atom is 0.129 e. The zero-order valence-corrected chi connectivity index (χ0v) is 12.9. The molecule has 0 unspecified atom stereocenters. The minimum Gasteiger partial charge on any atom is -0.487 e. The van der Waals surface area contributed by atoms with E-state index >= 15 is 0 Å². The molecular weight excluding hydrogens is 334 g/mol. The van der Waals surface area contributed by atoms with E-state index in [1.807, 2.05) is 30.3 Å². The van der Waals surface area contributed by atoms with Crippen molar-refractivity contribution in [2.75, 3.05) is 0 Å². The number of hydrogen-bond donors (Lipinski definition) is 0. The molecule has 0 spiro atoms. The molecule has 0 saturated heterocycles. The minimum atomic E-state index is 0.609. The van der Waals surface area contributed by atoms with Gasteiger partial charge >= 0.3 is 0 Å². The summed E-state index contributed by atoms with van der Waals surface area (Å²) in [6.07, 6.45) is 0. The Kier molecular flexibility index (Phi) is 2.86. The topological polar surface area (TPSA) is 22.1 Å². The fourth-order valence-electron chi connectivity index (χ4n) is 2.34. The molecule has 2 aromatic carbocycles. The number of halogens is 1. The van der Waals surface area contributed by atoms with Crippen LogP contribution in [0.15, 0.2) is 53.0 Å². The van der Waals surface area contributed by atoms with Crippen LogP contribution in [-0.2, 0) is 6.61 Å². The molecule has 0 bridgehead atoms. The van der Waals surface area contributed by atoms with Crippen LogP contribution in [0.3, 0.4) is 0 Å². The van der Waals surface area contributed by atoms with Crippen LogP contribution in [0.4, 0.5) is 0 Å². The molecule has 4 heteroatoms. The third kappa shape index (κ3) is 1.96. The van der Waals surface area contributed by atoms with Gasteiger partial charge in [0.1, 0.15) is 17.4 Å². The Morgan fingerprint density at radius 2 is 2.00 bits per heavy atom. The number of benzene rings is 2. The van der Waals surface area contributed by atoms with Crippen molar-refractivity contribution in [1.82, 2.24) is 4.98 Å². The molecule has 1 aliphatic rings. The number of aromatic nitrogens is 1. The van der Waals surface area contributed by atoms with Gasteiger partial charge in [-0.2, -0.15) is 0 Å². The summed E-state index contributed by atoms with van der Waals surface area (Å²) >= 11 is 5.21. The Hall–Kier alpha value is -1.65. The number of rotatable bonds is 1. The van der Waals surface area contributed by atoms with Crippen LogP contribution in [0.25, 0.3) is 21.8 Å². The third-order valence-electron chi connectivity index (χ3n) is 3.27. The Bertz CT molecular complexity index is 797. The van der Waals surface area contributed by atoms with Gasteiger partial charge in [-0.1, -0.05) is 40.2 Å². The second kappa shape index (κ2) is 4.72. The molecule has 0 amide bonds. The van der Waals surface area contributed by atoms with Crippen LogP contribution in [0.5, 0.6) is 5.75 Å². The molecule has 1 aliphatic heterocycles. The number of fused-ring (bicyclic) bond motifs is 3. The van der Waals surface area contributed by atoms with E-state index in [9.17, 15) is 0 Å². The van der Waals surface area contributed by atoms with Gasteiger partial charge in [0.05, 0.1) is 10.6 Å². The van der Waals surface area contributed by atoms with E-state index < -0.39 is 0 Å². The predicted molar refractivity (Wildman–Crippen MR) is 85.0 cm³/mol. The molecule has 0 fully saturated rings. The second-order valence-corrected chi connectivity index (χ2v) is 6.59. The standard InChI is InChI=1S/C16H10BrNOS/c17-11-5-3-4-10(8-11)16-18-15-12-6-1-2-7-13(12)19-9-14(15)20-16/h1-8H,9H2. The average Bonchev–Trinajstić information content (AvgIpc) is 2.92. The summed E-state index contributed by atoms with van der Waals surface area (Å²) in [6.45, 7) is 0.609. The average molecular weight is 344 g/mol. The van der Waals surface area contributed by atoms with Crippen LogP contribution >= 0.6 is 27.3 Å². The van der Waals surface area contributed by atoms with E-state index in [1.54, 1.807) is 11.3 Å². The first-order chi connectivity index (χ1) is 9.81. The molecule has 1 aromatic heterocycles. The molecule has 0 radical (unpaired) electrons. The third-order valence-corrected chi connectivity index (χ3v) is 4.84. The van der Waals surface area contributed by atoms with Gasteiger partial charge in [-0.25, -0.2) is 4.98 Å². The number of hydrogen-bond acceptors (Lipinski definition) is 3. The highest BCUT2D eigenvalue weighted by molar-refractivity contribution is 9.10. The summed E-state index contributed by atoms with van der Waals surface area (Å²) in [7, 11) is 0. The monoisotopic (exact) mass is 343 g/mol. The van der Waals surface area contributed by atoms with Gasteiger partial charge in [0.25, 0.3) is 0 Å². The maximum atomic E-state index is 5.78. The van der Waals surface area contributed by atoms with Crippen LogP contribution in [0, 0.1) is 0 Å². The maximum absolute atomic E-state index is 5.78. The Balaban J connectivity index is 1.86. The van der Waals surface area contributed by atoms with E-state index in [4.69, 9.17) is 9.72 Å². The highest BCUT2D eigenvalue weighted by atomic mass is 79.9. The fraction of sp³-hybridized carbons (Fsp3) is 0.0625. The Morgan fingerprint density at radius 3 is 2.90 bits per heavy atom. The molecule has 4 rings (SSSR count). The van der Waals surface area contributed by atoms with E-state index in [0.29, 0.717) is 6.61 Å². The predicted octanol–water partition coefficient (Wildman–Crippen LogP) is 5.13. The zero-order valence-electron chi connectivity index (χ0n) is 10.5. The smallest absolute Gasteiger partial charge is 0.129 e. The molecule has 20 heavy (non-hydrogen) atoms. The lowest BCUT2D eigenvalue weighted by Gasteiger charge is -2.15. The molecule has 0 aliphatic carbocycles. The van der Waals surface area contributed by atoms with Crippen molar-refractivity contribution < 1.29 is 4.74 Å². The lowest BCUT2D eigenvalue weighted by Crippen LogP contribution is -2.02. The largest absolute Gasteiger partial charge is 0.487 e. The lowest BCUT2D eigenvalue weighted by molar-refractivity contribution is 0.305. The van der Waals surface area contributed by atoms with Gasteiger partial charge in [0, 0.05) is 15.6 Å². The fourth-order valence-corrected chi connectivity index (χ4v) is 3.72. The molecule has 0 atom stereocenters. The number of para-hydroxylation sites is 1. The van der Waals surface area contributed by atoms with Crippen molar-refractivity contribution in [3.05, 3.63) is 57.9 Å². The van der Waals surface area contributed by atoms with Crippen molar-refractivity contribution in [2.24, 2.45) is 0 Å². The van der Waals surface area contributed by atoms with E-state index in [0.717, 1.165) is 32.1 Å². The van der Waals surface area contributed by atoms with Gasteiger partial charge in [0.2, 0.25) is 0 Å². The van der Waals surface area contributed by atoms with Crippen LogP contribution in [-0.4, -0.2) is 4.98 Å². The van der Waals surface area contributed by atoms with Crippen molar-refractivity contribution in [1.29, 1.82) is 0 Å². The van der Waals surface area contributed by atoms with Crippen molar-refractivity contribution in [2.45, 2.75) is 6.61 Å². The Labute approximate surface area is 129 Å². The van der Waals surface area contributed by atoms with Crippen molar-refractivity contribution in [3.8, 4) is 27.6 Å². The summed E-state index contributed by atoms with van der Waals surface area (Å²) in [6, 6.07) is 16.3. The van der Waals surface area contributed by atoms with Crippen molar-refractivity contribution >= 4 is 27.3 Å². The molecule has 98 valence electrons. The number of thiazole rings is 1. The minimum absolute atomic E-state index is 0.609. The van der Waals surface area contributed by atoms with E-state index in [-0.39, 0.29) is 0 Å². The Morgan fingerprint density at radius 1 is 1.10 bits per heavy atom. The van der Waals surface area contributed by atoms with Gasteiger partial charge in [-0.05, 0) is 24.3 Å². The zero-order chi connectivity index (χ0) is 13.5. The number of nitrogens with zero attached hydrogens (tertiary/aromatic N) is 1. The highest BCUT2D eigenvalue weighted by Gasteiger charge is 2.22. The summed E-state index contributed by atoms with van der Waals surface area (Å²) in [5.74, 6) is 0.922. The van der Waals surface area contributed by atoms with Gasteiger partial charge in [-0.3, -0.25) is 0 Å². The summed E-state index contributed by atoms with van der Waals surface area (Å²) in [5, 5.41) is 1.04. The molecular formula is C16H10BrNOS. The first-order valence-electron chi connectivity index (χ1n) is 6.29. The van der Waals surface area contributed by atoms with Gasteiger partial charge in [-0.15, -0.1) is 11.3 Å². The second-order valence-electron chi connectivity index (χ2n) is 4.59. The molecule has 2 nitrogen and oxygen atoms in total. The highest BCUT2D eigenvalue weighted by Crippen LogP contribution is 2.41. The summed E-state index contributed by atoms with van der Waals surface area (Å²) in [4.78, 5) is 6.01. The van der Waals surface area contributed by atoms with Crippen LogP contribution in [0.2, 0.25) is 0 Å². The van der Waals surface area contributed by atoms with E-state index in [2.05, 4.69) is 34.1 Å². The molecule has 0 saturated carbocycles. The van der Waals surface area contributed by atoms with Gasteiger partial charge < -0.3 is 4.74 Å². The first kappa shape index (κ1) is 12.1. The van der Waals surface area contributed by atoms with Gasteiger partial charge in [0.15, 0.2) is 0 Å². The van der Waals surface area contributed by atoms with E-state index in [1.165, 1.54) is 4.88 Å².